The molecular weight excluding hydrogens is 324 g/mol. The van der Waals surface area contributed by atoms with Gasteiger partial charge >= 0.3 is 0 Å². The first-order valence-corrected chi connectivity index (χ1v) is 7.35. The molecule has 1 heterocycles. The number of non-ortho nitro benzene ring substituents is 1. The van der Waals surface area contributed by atoms with Gasteiger partial charge in [-0.25, -0.2) is 0 Å². The van der Waals surface area contributed by atoms with Crippen molar-refractivity contribution in [3.63, 3.8) is 0 Å². The molecule has 0 radical (unpaired) electrons. The highest BCUT2D eigenvalue weighted by Gasteiger charge is 2.19. The highest BCUT2D eigenvalue weighted by molar-refractivity contribution is 6.06. The fourth-order valence-electron chi connectivity index (χ4n) is 2.18. The average Bonchev–Trinajstić information content (AvgIpc) is 3.00. The molecule has 1 aromatic heterocycles. The van der Waals surface area contributed by atoms with Gasteiger partial charge in [0.25, 0.3) is 11.6 Å². The van der Waals surface area contributed by atoms with E-state index in [2.05, 4.69) is 10.4 Å². The molecule has 0 saturated heterocycles. The monoisotopic (exact) mass is 338 g/mol. The zero-order chi connectivity index (χ0) is 17.8. The summed E-state index contributed by atoms with van der Waals surface area (Å²) in [5, 5.41) is 17.7. The maximum absolute atomic E-state index is 12.5. The first-order valence-electron chi connectivity index (χ1n) is 7.35. The van der Waals surface area contributed by atoms with E-state index in [1.807, 2.05) is 6.07 Å². The fourth-order valence-corrected chi connectivity index (χ4v) is 2.18. The number of ether oxygens (including phenoxy) is 1. The van der Waals surface area contributed by atoms with Crippen LogP contribution in [0.3, 0.4) is 0 Å². The van der Waals surface area contributed by atoms with E-state index in [4.69, 9.17) is 4.74 Å². The molecule has 1 N–H and O–H groups in total. The van der Waals surface area contributed by atoms with Crippen molar-refractivity contribution in [1.29, 1.82) is 0 Å². The summed E-state index contributed by atoms with van der Waals surface area (Å²) in [6.07, 6.45) is 1.67. The normalized spacial score (nSPS) is 10.3. The minimum absolute atomic E-state index is 0.0451. The van der Waals surface area contributed by atoms with E-state index >= 15 is 0 Å². The summed E-state index contributed by atoms with van der Waals surface area (Å²) in [7, 11) is 1.72. The molecule has 3 aromatic rings. The SMILES string of the molecule is Cn1ccc(NC(=O)c2cc([N+](=O)[O-])ccc2Oc2ccccc2)n1. The lowest BCUT2D eigenvalue weighted by molar-refractivity contribution is -0.384. The van der Waals surface area contributed by atoms with E-state index in [-0.39, 0.29) is 17.0 Å². The average molecular weight is 338 g/mol. The highest BCUT2D eigenvalue weighted by atomic mass is 16.6. The maximum atomic E-state index is 12.5. The van der Waals surface area contributed by atoms with Gasteiger partial charge in [0.15, 0.2) is 5.82 Å². The Hall–Kier alpha value is -3.68. The number of aromatic nitrogens is 2. The zero-order valence-electron chi connectivity index (χ0n) is 13.2. The molecule has 0 spiro atoms. The topological polar surface area (TPSA) is 99.3 Å². The second-order valence-corrected chi connectivity index (χ2v) is 5.18. The smallest absolute Gasteiger partial charge is 0.270 e. The third kappa shape index (κ3) is 3.81. The van der Waals surface area contributed by atoms with Gasteiger partial charge < -0.3 is 10.1 Å². The summed E-state index contributed by atoms with van der Waals surface area (Å²) in [4.78, 5) is 23.0. The number of rotatable bonds is 5. The van der Waals surface area contributed by atoms with Gasteiger partial charge in [-0.15, -0.1) is 0 Å². The Bertz CT molecular complexity index is 921. The minimum Gasteiger partial charge on any atom is -0.457 e. The molecule has 0 bridgehead atoms. The number of para-hydroxylation sites is 1. The Morgan fingerprint density at radius 1 is 1.20 bits per heavy atom. The number of nitrogens with zero attached hydrogens (tertiary/aromatic N) is 3. The van der Waals surface area contributed by atoms with Crippen molar-refractivity contribution in [3.05, 3.63) is 76.5 Å². The molecule has 8 nitrogen and oxygen atoms in total. The van der Waals surface area contributed by atoms with E-state index in [9.17, 15) is 14.9 Å². The van der Waals surface area contributed by atoms with Gasteiger partial charge in [0, 0.05) is 31.4 Å². The van der Waals surface area contributed by atoms with Gasteiger partial charge in [-0.1, -0.05) is 18.2 Å². The molecule has 0 aliphatic heterocycles. The Balaban J connectivity index is 1.94. The number of carbonyl (C=O) groups is 1. The van der Waals surface area contributed by atoms with Crippen LogP contribution in [-0.4, -0.2) is 20.6 Å². The molecule has 126 valence electrons. The first-order chi connectivity index (χ1) is 12.0. The number of nitrogens with one attached hydrogen (secondary N) is 1. The number of hydrogen-bond acceptors (Lipinski definition) is 5. The molecule has 25 heavy (non-hydrogen) atoms. The van der Waals surface area contributed by atoms with Crippen LogP contribution in [0, 0.1) is 10.1 Å². The predicted molar refractivity (Wildman–Crippen MR) is 90.8 cm³/mol. The van der Waals surface area contributed by atoms with Crippen molar-refractivity contribution in [1.82, 2.24) is 9.78 Å². The third-order valence-electron chi connectivity index (χ3n) is 3.34. The van der Waals surface area contributed by atoms with Crippen molar-refractivity contribution in [2.24, 2.45) is 7.05 Å². The zero-order valence-corrected chi connectivity index (χ0v) is 13.2. The second-order valence-electron chi connectivity index (χ2n) is 5.18. The lowest BCUT2D eigenvalue weighted by Crippen LogP contribution is -2.14. The van der Waals surface area contributed by atoms with Gasteiger partial charge in [-0.2, -0.15) is 5.10 Å². The van der Waals surface area contributed by atoms with Crippen LogP contribution in [0.4, 0.5) is 11.5 Å². The number of nitro benzene ring substituents is 1. The van der Waals surface area contributed by atoms with E-state index in [1.165, 1.54) is 22.9 Å². The summed E-state index contributed by atoms with van der Waals surface area (Å²) < 4.78 is 7.23. The minimum atomic E-state index is -0.566. The van der Waals surface area contributed by atoms with Crippen LogP contribution in [0.15, 0.2) is 60.8 Å². The van der Waals surface area contributed by atoms with Gasteiger partial charge in [0.05, 0.1) is 10.5 Å². The van der Waals surface area contributed by atoms with Gasteiger partial charge in [0.1, 0.15) is 11.5 Å². The van der Waals surface area contributed by atoms with Crippen LogP contribution in [0.25, 0.3) is 0 Å². The summed E-state index contributed by atoms with van der Waals surface area (Å²) in [6, 6.07) is 14.3. The Labute approximate surface area is 142 Å². The number of hydrogen-bond donors (Lipinski definition) is 1. The van der Waals surface area contributed by atoms with Crippen molar-refractivity contribution >= 4 is 17.4 Å². The maximum Gasteiger partial charge on any atom is 0.270 e. The number of benzene rings is 2. The standard InChI is InChI=1S/C17H14N4O4/c1-20-10-9-16(19-20)18-17(22)14-11-12(21(23)24)7-8-15(14)25-13-5-3-2-4-6-13/h2-11H,1H3,(H,18,19,22). The molecule has 0 aliphatic rings. The molecular formula is C17H14N4O4. The molecule has 3 rings (SSSR count). The van der Waals surface area contributed by atoms with E-state index < -0.39 is 10.8 Å². The van der Waals surface area contributed by atoms with Gasteiger partial charge in [0.2, 0.25) is 0 Å². The van der Waals surface area contributed by atoms with Crippen molar-refractivity contribution in [2.45, 2.75) is 0 Å². The molecule has 0 aliphatic carbocycles. The van der Waals surface area contributed by atoms with Crippen molar-refractivity contribution < 1.29 is 14.5 Å². The van der Waals surface area contributed by atoms with Crippen LogP contribution >= 0.6 is 0 Å². The van der Waals surface area contributed by atoms with Crippen LogP contribution in [0.1, 0.15) is 10.4 Å². The number of anilines is 1. The summed E-state index contributed by atoms with van der Waals surface area (Å²) >= 11 is 0. The molecule has 1 amide bonds. The van der Waals surface area contributed by atoms with Crippen LogP contribution in [-0.2, 0) is 7.05 Å². The number of aryl methyl sites for hydroxylation is 1. The molecule has 8 heteroatoms. The summed E-state index contributed by atoms with van der Waals surface area (Å²) in [5.74, 6) is 0.520. The van der Waals surface area contributed by atoms with Crippen molar-refractivity contribution in [2.75, 3.05) is 5.32 Å². The Morgan fingerprint density at radius 3 is 2.60 bits per heavy atom. The van der Waals surface area contributed by atoms with Crippen LogP contribution in [0.2, 0.25) is 0 Å². The molecule has 0 saturated carbocycles. The molecule has 2 aromatic carbocycles. The largest absolute Gasteiger partial charge is 0.457 e. The second kappa shape index (κ2) is 6.83. The molecule has 0 unspecified atom stereocenters. The van der Waals surface area contributed by atoms with Crippen LogP contribution < -0.4 is 10.1 Å². The number of nitro groups is 1. The lowest BCUT2D eigenvalue weighted by atomic mass is 10.1. The van der Waals surface area contributed by atoms with E-state index in [1.54, 1.807) is 43.6 Å². The van der Waals surface area contributed by atoms with Gasteiger partial charge in [-0.05, 0) is 18.2 Å². The Morgan fingerprint density at radius 2 is 1.96 bits per heavy atom. The lowest BCUT2D eigenvalue weighted by Gasteiger charge is -2.10. The Kier molecular flexibility index (Phi) is 4.42. The summed E-state index contributed by atoms with van der Waals surface area (Å²) in [5.41, 5.74) is -0.157. The summed E-state index contributed by atoms with van der Waals surface area (Å²) in [6.45, 7) is 0. The van der Waals surface area contributed by atoms with Crippen molar-refractivity contribution in [3.8, 4) is 11.5 Å². The quantitative estimate of drug-likeness (QED) is 0.568. The predicted octanol–water partition coefficient (Wildman–Crippen LogP) is 3.37. The third-order valence-corrected chi connectivity index (χ3v) is 3.34. The van der Waals surface area contributed by atoms with Crippen LogP contribution in [0.5, 0.6) is 11.5 Å². The first kappa shape index (κ1) is 16.2. The molecule has 0 fully saturated rings. The van der Waals surface area contributed by atoms with E-state index in [0.717, 1.165) is 0 Å². The highest BCUT2D eigenvalue weighted by Crippen LogP contribution is 2.29. The number of carbonyl (C=O) groups excluding carboxylic acids is 1. The number of amides is 1. The molecule has 0 atom stereocenters. The van der Waals surface area contributed by atoms with Gasteiger partial charge in [-0.3, -0.25) is 19.6 Å². The van der Waals surface area contributed by atoms with E-state index in [0.29, 0.717) is 11.6 Å². The fraction of sp³-hybridized carbons (Fsp3) is 0.0588.